The Labute approximate surface area is 86.7 Å². The third-order valence-electron chi connectivity index (χ3n) is 1.57. The van der Waals surface area contributed by atoms with Crippen molar-refractivity contribution in [2.24, 2.45) is 0 Å². The first-order valence-corrected chi connectivity index (χ1v) is 4.39. The fraction of sp³-hybridized carbons (Fsp3) is 0.200. The molecule has 0 bridgehead atoms. The molecule has 1 rings (SSSR count). The number of rotatable bonds is 4. The van der Waals surface area contributed by atoms with Gasteiger partial charge in [-0.2, -0.15) is 0 Å². The van der Waals surface area contributed by atoms with E-state index in [1.165, 1.54) is 0 Å². The minimum absolute atomic E-state index is 0.131. The van der Waals surface area contributed by atoms with Crippen molar-refractivity contribution in [3.8, 4) is 0 Å². The summed E-state index contributed by atoms with van der Waals surface area (Å²) >= 11 is 0. The van der Waals surface area contributed by atoms with Crippen LogP contribution in [0, 0.1) is 0 Å². The van der Waals surface area contributed by atoms with Crippen LogP contribution < -0.4 is 5.32 Å². The lowest BCUT2D eigenvalue weighted by molar-refractivity contribution is -0.137. The zero-order valence-corrected chi connectivity index (χ0v) is 7.97. The first kappa shape index (κ1) is 11.0. The highest BCUT2D eigenvalue weighted by Gasteiger charge is 2.03. The minimum atomic E-state index is -0.998. The predicted molar refractivity (Wildman–Crippen MR) is 53.7 cm³/mol. The highest BCUT2D eigenvalue weighted by Crippen LogP contribution is 2.05. The molecule has 5 nitrogen and oxygen atoms in total. The van der Waals surface area contributed by atoms with Gasteiger partial charge in [0.1, 0.15) is 6.61 Å². The van der Waals surface area contributed by atoms with Gasteiger partial charge in [0, 0.05) is 5.69 Å². The quantitative estimate of drug-likeness (QED) is 0.791. The Hall–Kier alpha value is -2.04. The van der Waals surface area contributed by atoms with E-state index in [1.54, 1.807) is 24.3 Å². The number of ether oxygens (including phenoxy) is 1. The van der Waals surface area contributed by atoms with E-state index in [0.29, 0.717) is 5.69 Å². The van der Waals surface area contributed by atoms with E-state index in [1.807, 2.05) is 6.07 Å². The topological polar surface area (TPSA) is 75.6 Å². The summed E-state index contributed by atoms with van der Waals surface area (Å²) in [6.07, 6.45) is -0.843. The van der Waals surface area contributed by atoms with E-state index >= 15 is 0 Å². The Morgan fingerprint density at radius 3 is 2.53 bits per heavy atom. The molecule has 5 heteroatoms. The Morgan fingerprint density at radius 2 is 1.93 bits per heavy atom. The SMILES string of the molecule is O=C(O)CCOC(=O)Nc1ccccc1. The second-order valence-corrected chi connectivity index (χ2v) is 2.77. The monoisotopic (exact) mass is 209 g/mol. The molecular weight excluding hydrogens is 198 g/mol. The Morgan fingerprint density at radius 1 is 1.27 bits per heavy atom. The average molecular weight is 209 g/mol. The van der Waals surface area contributed by atoms with Gasteiger partial charge in [-0.15, -0.1) is 0 Å². The van der Waals surface area contributed by atoms with Crippen molar-refractivity contribution in [1.29, 1.82) is 0 Å². The van der Waals surface area contributed by atoms with Gasteiger partial charge < -0.3 is 9.84 Å². The molecule has 0 unspecified atom stereocenters. The molecule has 1 amide bonds. The Kier molecular flexibility index (Phi) is 4.15. The molecule has 0 spiro atoms. The van der Waals surface area contributed by atoms with Crippen LogP contribution in [-0.2, 0) is 9.53 Å². The summed E-state index contributed by atoms with van der Waals surface area (Å²) in [5.74, 6) is -0.998. The molecule has 1 aromatic carbocycles. The van der Waals surface area contributed by atoms with E-state index < -0.39 is 12.1 Å². The summed E-state index contributed by atoms with van der Waals surface area (Å²) in [4.78, 5) is 21.2. The predicted octanol–water partition coefficient (Wildman–Crippen LogP) is 1.71. The first-order valence-electron chi connectivity index (χ1n) is 4.39. The molecule has 2 N–H and O–H groups in total. The number of carbonyl (C=O) groups excluding carboxylic acids is 1. The van der Waals surface area contributed by atoms with Crippen LogP contribution in [0.3, 0.4) is 0 Å². The fourth-order valence-corrected chi connectivity index (χ4v) is 0.906. The second kappa shape index (κ2) is 5.64. The molecule has 0 heterocycles. The second-order valence-electron chi connectivity index (χ2n) is 2.77. The Balaban J connectivity index is 2.28. The average Bonchev–Trinajstić information content (AvgIpc) is 2.18. The van der Waals surface area contributed by atoms with Gasteiger partial charge in [-0.1, -0.05) is 18.2 Å². The summed E-state index contributed by atoms with van der Waals surface area (Å²) in [6.45, 7) is -0.131. The Bertz CT molecular complexity index is 337. The van der Waals surface area contributed by atoms with Gasteiger partial charge in [-0.25, -0.2) is 4.79 Å². The number of anilines is 1. The maximum atomic E-state index is 11.1. The van der Waals surface area contributed by atoms with Crippen molar-refractivity contribution >= 4 is 17.7 Å². The number of amides is 1. The van der Waals surface area contributed by atoms with Crippen molar-refractivity contribution in [3.05, 3.63) is 30.3 Å². The molecule has 0 saturated carbocycles. The highest BCUT2D eigenvalue weighted by molar-refractivity contribution is 5.84. The van der Waals surface area contributed by atoms with Gasteiger partial charge in [0.25, 0.3) is 0 Å². The van der Waals surface area contributed by atoms with Crippen molar-refractivity contribution in [1.82, 2.24) is 0 Å². The van der Waals surface area contributed by atoms with Crippen molar-refractivity contribution in [3.63, 3.8) is 0 Å². The number of benzene rings is 1. The van der Waals surface area contributed by atoms with E-state index in [9.17, 15) is 9.59 Å². The number of hydrogen-bond donors (Lipinski definition) is 2. The van der Waals surface area contributed by atoms with Crippen molar-refractivity contribution in [2.45, 2.75) is 6.42 Å². The molecule has 0 fully saturated rings. The molecular formula is C10H11NO4. The lowest BCUT2D eigenvalue weighted by atomic mass is 10.3. The molecule has 1 aromatic rings. The number of carbonyl (C=O) groups is 2. The lowest BCUT2D eigenvalue weighted by Crippen LogP contribution is -2.15. The van der Waals surface area contributed by atoms with Crippen LogP contribution in [-0.4, -0.2) is 23.8 Å². The summed E-state index contributed by atoms with van der Waals surface area (Å²) in [7, 11) is 0. The van der Waals surface area contributed by atoms with Gasteiger partial charge >= 0.3 is 12.1 Å². The van der Waals surface area contributed by atoms with Gasteiger partial charge in [0.05, 0.1) is 6.42 Å². The summed E-state index contributed by atoms with van der Waals surface area (Å²) < 4.78 is 4.63. The van der Waals surface area contributed by atoms with Crippen LogP contribution in [0.2, 0.25) is 0 Å². The number of nitrogens with one attached hydrogen (secondary N) is 1. The number of carboxylic acids is 1. The first-order chi connectivity index (χ1) is 7.18. The van der Waals surface area contributed by atoms with Crippen molar-refractivity contribution < 1.29 is 19.4 Å². The number of para-hydroxylation sites is 1. The van der Waals surface area contributed by atoms with Crippen LogP contribution in [0.25, 0.3) is 0 Å². The maximum absolute atomic E-state index is 11.1. The standard InChI is InChI=1S/C10H11NO4/c12-9(13)6-7-15-10(14)11-8-4-2-1-3-5-8/h1-5H,6-7H2,(H,11,14)(H,12,13). The van der Waals surface area contributed by atoms with E-state index in [0.717, 1.165) is 0 Å². The molecule has 0 saturated heterocycles. The van der Waals surface area contributed by atoms with Crippen LogP contribution in [0.5, 0.6) is 0 Å². The zero-order chi connectivity index (χ0) is 11.1. The summed E-state index contributed by atoms with van der Waals surface area (Å²) in [6, 6.07) is 8.78. The van der Waals surface area contributed by atoms with Crippen LogP contribution in [0.1, 0.15) is 6.42 Å². The van der Waals surface area contributed by atoms with Crippen molar-refractivity contribution in [2.75, 3.05) is 11.9 Å². The number of hydrogen-bond acceptors (Lipinski definition) is 3. The zero-order valence-electron chi connectivity index (χ0n) is 7.97. The van der Waals surface area contributed by atoms with Crippen LogP contribution in [0.15, 0.2) is 30.3 Å². The molecule has 0 aliphatic heterocycles. The third kappa shape index (κ3) is 4.66. The normalized spacial score (nSPS) is 9.33. The highest BCUT2D eigenvalue weighted by atomic mass is 16.5. The lowest BCUT2D eigenvalue weighted by Gasteiger charge is -2.05. The molecule has 0 aliphatic rings. The third-order valence-corrected chi connectivity index (χ3v) is 1.57. The molecule has 15 heavy (non-hydrogen) atoms. The summed E-state index contributed by atoms with van der Waals surface area (Å²) in [5.41, 5.74) is 0.609. The number of aliphatic carboxylic acids is 1. The van der Waals surface area contributed by atoms with Gasteiger partial charge in [-0.05, 0) is 12.1 Å². The van der Waals surface area contributed by atoms with Gasteiger partial charge in [-0.3, -0.25) is 10.1 Å². The minimum Gasteiger partial charge on any atom is -0.481 e. The smallest absolute Gasteiger partial charge is 0.411 e. The number of carboxylic acid groups (broad SMARTS) is 1. The molecule has 80 valence electrons. The molecule has 0 radical (unpaired) electrons. The molecule has 0 aromatic heterocycles. The van der Waals surface area contributed by atoms with Gasteiger partial charge in [0.15, 0.2) is 0 Å². The maximum Gasteiger partial charge on any atom is 0.411 e. The van der Waals surface area contributed by atoms with E-state index in [4.69, 9.17) is 5.11 Å². The van der Waals surface area contributed by atoms with Crippen LogP contribution in [0.4, 0.5) is 10.5 Å². The summed E-state index contributed by atoms with van der Waals surface area (Å²) in [5, 5.41) is 10.8. The van der Waals surface area contributed by atoms with E-state index in [-0.39, 0.29) is 13.0 Å². The molecule has 0 atom stereocenters. The fourth-order valence-electron chi connectivity index (χ4n) is 0.906. The largest absolute Gasteiger partial charge is 0.481 e. The van der Waals surface area contributed by atoms with Crippen LogP contribution >= 0.6 is 0 Å². The molecule has 0 aliphatic carbocycles. The van der Waals surface area contributed by atoms with E-state index in [2.05, 4.69) is 10.1 Å². The van der Waals surface area contributed by atoms with Gasteiger partial charge in [0.2, 0.25) is 0 Å².